The summed E-state index contributed by atoms with van der Waals surface area (Å²) in [6.45, 7) is 3.76. The van der Waals surface area contributed by atoms with E-state index in [1.807, 2.05) is 18.2 Å². The second-order valence-electron chi connectivity index (χ2n) is 8.16. The van der Waals surface area contributed by atoms with Crippen LogP contribution >= 0.6 is 15.9 Å². The van der Waals surface area contributed by atoms with Crippen molar-refractivity contribution in [3.63, 3.8) is 0 Å². The van der Waals surface area contributed by atoms with Crippen LogP contribution in [0.3, 0.4) is 0 Å². The van der Waals surface area contributed by atoms with Gasteiger partial charge in [0.15, 0.2) is 5.92 Å². The number of nitrogens with one attached hydrogen (secondary N) is 1. The van der Waals surface area contributed by atoms with Crippen LogP contribution in [-0.2, 0) is 20.9 Å². The Morgan fingerprint density at radius 1 is 1.22 bits per heavy atom. The van der Waals surface area contributed by atoms with Gasteiger partial charge in [0.25, 0.3) is 0 Å². The van der Waals surface area contributed by atoms with Gasteiger partial charge in [-0.25, -0.2) is 4.39 Å². The largest absolute Gasteiger partial charge is 0.465 e. The Morgan fingerprint density at radius 2 is 1.91 bits per heavy atom. The number of carbonyl (C=O) groups is 2. The minimum atomic E-state index is -1.34. The fourth-order valence-corrected chi connectivity index (χ4v) is 5.07. The lowest BCUT2D eigenvalue weighted by Crippen LogP contribution is -2.56. The Kier molecular flexibility index (Phi) is 6.44. The van der Waals surface area contributed by atoms with Gasteiger partial charge in [-0.1, -0.05) is 46.3 Å². The highest BCUT2D eigenvalue weighted by atomic mass is 79.9. The topological polar surface area (TPSA) is 73.7 Å². The highest BCUT2D eigenvalue weighted by Gasteiger charge is 2.60. The molecule has 0 bridgehead atoms. The number of rotatable bonds is 5. The molecule has 0 saturated carbocycles. The number of benzene rings is 2. The van der Waals surface area contributed by atoms with Crippen molar-refractivity contribution in [2.24, 2.45) is 5.92 Å². The Hall–Kier alpha value is -2.58. The van der Waals surface area contributed by atoms with Crippen LogP contribution in [-0.4, -0.2) is 47.7 Å². The van der Waals surface area contributed by atoms with Crippen LogP contribution in [0.25, 0.3) is 0 Å². The van der Waals surface area contributed by atoms with Crippen LogP contribution < -0.4 is 4.90 Å². The van der Waals surface area contributed by atoms with E-state index in [0.29, 0.717) is 30.4 Å². The van der Waals surface area contributed by atoms with Crippen LogP contribution in [0.5, 0.6) is 0 Å². The zero-order valence-corrected chi connectivity index (χ0v) is 19.4. The number of esters is 1. The van der Waals surface area contributed by atoms with E-state index in [4.69, 9.17) is 10.1 Å². The highest BCUT2D eigenvalue weighted by molar-refractivity contribution is 9.10. The van der Waals surface area contributed by atoms with Gasteiger partial charge in [-0.2, -0.15) is 0 Å². The van der Waals surface area contributed by atoms with Crippen molar-refractivity contribution in [1.82, 2.24) is 4.90 Å². The van der Waals surface area contributed by atoms with Gasteiger partial charge >= 0.3 is 5.97 Å². The van der Waals surface area contributed by atoms with E-state index < -0.39 is 29.2 Å². The Bertz CT molecular complexity index is 1040. The molecule has 4 rings (SSSR count). The van der Waals surface area contributed by atoms with Gasteiger partial charge in [-0.05, 0) is 43.5 Å². The molecule has 2 aromatic carbocycles. The first-order chi connectivity index (χ1) is 15.4. The first kappa shape index (κ1) is 22.6. The average Bonchev–Trinajstić information content (AvgIpc) is 2.98. The number of ether oxygens (including phenoxy) is 1. The Balaban J connectivity index is 1.67. The lowest BCUT2D eigenvalue weighted by atomic mass is 9.80. The molecule has 0 aliphatic carbocycles. The lowest BCUT2D eigenvalue weighted by molar-refractivity contribution is -0.148. The number of hydrogen-bond donors (Lipinski definition) is 1. The maximum Gasteiger partial charge on any atom is 0.324 e. The maximum absolute atomic E-state index is 14.9. The van der Waals surface area contributed by atoms with Crippen molar-refractivity contribution < 1.29 is 18.7 Å². The van der Waals surface area contributed by atoms with Gasteiger partial charge < -0.3 is 10.1 Å². The smallest absolute Gasteiger partial charge is 0.324 e. The summed E-state index contributed by atoms with van der Waals surface area (Å²) in [5.74, 6) is -3.24. The van der Waals surface area contributed by atoms with E-state index in [-0.39, 0.29) is 18.0 Å². The number of piperidine rings is 1. The number of likely N-dealkylation sites (tertiary alicyclic amines) is 1. The summed E-state index contributed by atoms with van der Waals surface area (Å²) in [4.78, 5) is 29.6. The molecule has 2 heterocycles. The summed E-state index contributed by atoms with van der Waals surface area (Å²) in [7, 11) is 0. The van der Waals surface area contributed by atoms with E-state index in [0.717, 1.165) is 6.54 Å². The molecule has 168 valence electrons. The van der Waals surface area contributed by atoms with Gasteiger partial charge in [0.05, 0.1) is 23.5 Å². The standard InChI is InChI=1S/C24H25BrFN3O3/c1-2-32-23(31)20-21(27)24(29(22(20)30)19-14-17(25)8-9-18(19)26)10-12-28(13-11-24)15-16-6-4-3-5-7-16/h3-9,14,20,27H,2,10-13,15H2,1H3. The quantitative estimate of drug-likeness (QED) is 0.492. The Morgan fingerprint density at radius 3 is 2.56 bits per heavy atom. The van der Waals surface area contributed by atoms with Crippen LogP contribution in [0.4, 0.5) is 10.1 Å². The summed E-state index contributed by atoms with van der Waals surface area (Å²) >= 11 is 3.35. The first-order valence-electron chi connectivity index (χ1n) is 10.7. The molecule has 2 saturated heterocycles. The molecule has 2 aromatic rings. The maximum atomic E-state index is 14.9. The Labute approximate surface area is 195 Å². The molecule has 0 radical (unpaired) electrons. The molecule has 2 fully saturated rings. The molecule has 1 amide bonds. The summed E-state index contributed by atoms with van der Waals surface area (Å²) in [6.07, 6.45) is 0.874. The van der Waals surface area contributed by atoms with Crippen molar-refractivity contribution in [3.8, 4) is 0 Å². The third kappa shape index (κ3) is 3.97. The van der Waals surface area contributed by atoms with Gasteiger partial charge in [-0.3, -0.25) is 19.4 Å². The van der Waals surface area contributed by atoms with E-state index in [9.17, 15) is 14.0 Å². The van der Waals surface area contributed by atoms with Crippen molar-refractivity contribution in [1.29, 1.82) is 5.41 Å². The van der Waals surface area contributed by atoms with Crippen LogP contribution in [0.15, 0.2) is 53.0 Å². The minimum Gasteiger partial charge on any atom is -0.465 e. The van der Waals surface area contributed by atoms with Gasteiger partial charge in [0.2, 0.25) is 5.91 Å². The summed E-state index contributed by atoms with van der Waals surface area (Å²) in [6, 6.07) is 14.5. The van der Waals surface area contributed by atoms with E-state index in [2.05, 4.69) is 33.0 Å². The molecule has 2 aliphatic heterocycles. The summed E-state index contributed by atoms with van der Waals surface area (Å²) < 4.78 is 20.6. The molecule has 0 aromatic heterocycles. The predicted octanol–water partition coefficient (Wildman–Crippen LogP) is 4.17. The van der Waals surface area contributed by atoms with E-state index >= 15 is 0 Å². The molecule has 32 heavy (non-hydrogen) atoms. The minimum absolute atomic E-state index is 0.000290. The number of anilines is 1. The normalized spacial score (nSPS) is 20.7. The second-order valence-corrected chi connectivity index (χ2v) is 9.08. The van der Waals surface area contributed by atoms with E-state index in [1.54, 1.807) is 13.0 Å². The van der Waals surface area contributed by atoms with E-state index in [1.165, 1.54) is 22.6 Å². The predicted molar refractivity (Wildman–Crippen MR) is 123 cm³/mol. The zero-order chi connectivity index (χ0) is 22.9. The summed E-state index contributed by atoms with van der Waals surface area (Å²) in [5.41, 5.74) is 0.209. The highest BCUT2D eigenvalue weighted by Crippen LogP contribution is 2.44. The van der Waals surface area contributed by atoms with Crippen LogP contribution in [0.1, 0.15) is 25.3 Å². The monoisotopic (exact) mass is 501 g/mol. The molecule has 1 spiro atoms. The van der Waals surface area contributed by atoms with Crippen molar-refractivity contribution >= 4 is 39.2 Å². The zero-order valence-electron chi connectivity index (χ0n) is 17.8. The molecule has 1 unspecified atom stereocenters. The number of nitrogens with zero attached hydrogens (tertiary/aromatic N) is 2. The SMILES string of the molecule is CCOC(=O)C1C(=N)C2(CCN(Cc3ccccc3)CC2)N(c2cc(Br)ccc2F)C1=O. The number of hydrogen-bond acceptors (Lipinski definition) is 5. The van der Waals surface area contributed by atoms with Gasteiger partial charge in [0.1, 0.15) is 5.82 Å². The van der Waals surface area contributed by atoms with Crippen molar-refractivity contribution in [2.75, 3.05) is 24.6 Å². The number of amides is 1. The molecule has 1 atom stereocenters. The second kappa shape index (κ2) is 9.11. The fraction of sp³-hybridized carbons (Fsp3) is 0.375. The third-order valence-electron chi connectivity index (χ3n) is 6.29. The fourth-order valence-electron chi connectivity index (χ4n) is 4.72. The molecule has 8 heteroatoms. The van der Waals surface area contributed by atoms with Crippen LogP contribution in [0, 0.1) is 17.1 Å². The molecule has 6 nitrogen and oxygen atoms in total. The van der Waals surface area contributed by atoms with Gasteiger partial charge in [-0.15, -0.1) is 0 Å². The average molecular weight is 502 g/mol. The summed E-state index contributed by atoms with van der Waals surface area (Å²) in [5, 5.41) is 8.86. The van der Waals surface area contributed by atoms with Crippen molar-refractivity contribution in [3.05, 3.63) is 64.4 Å². The number of halogens is 2. The third-order valence-corrected chi connectivity index (χ3v) is 6.78. The first-order valence-corrected chi connectivity index (χ1v) is 11.5. The molecule has 1 N–H and O–H groups in total. The lowest BCUT2D eigenvalue weighted by Gasteiger charge is -2.44. The van der Waals surface area contributed by atoms with Gasteiger partial charge in [0, 0.05) is 24.1 Å². The number of carbonyl (C=O) groups excluding carboxylic acids is 2. The van der Waals surface area contributed by atoms with Crippen molar-refractivity contribution in [2.45, 2.75) is 31.8 Å². The molecular formula is C24H25BrFN3O3. The molecule has 2 aliphatic rings. The molecular weight excluding hydrogens is 477 g/mol. The van der Waals surface area contributed by atoms with Crippen LogP contribution in [0.2, 0.25) is 0 Å².